The Bertz CT molecular complexity index is 408. The Hall–Kier alpha value is -2.02. The van der Waals surface area contributed by atoms with E-state index in [0.29, 0.717) is 5.69 Å². The molecular formula is C13H15FN2O. The summed E-state index contributed by atoms with van der Waals surface area (Å²) in [5.74, 6) is 2.15. The Labute approximate surface area is 100 Å². The molecule has 1 rings (SSSR count). The van der Waals surface area contributed by atoms with Crippen molar-refractivity contribution in [2.24, 2.45) is 0 Å². The number of carbonyl (C=O) groups is 1. The molecule has 4 heteroatoms. The Morgan fingerprint density at radius 2 is 2.12 bits per heavy atom. The van der Waals surface area contributed by atoms with Gasteiger partial charge < -0.3 is 10.6 Å². The average molecular weight is 234 g/mol. The van der Waals surface area contributed by atoms with Gasteiger partial charge in [0.05, 0.1) is 6.04 Å². The van der Waals surface area contributed by atoms with Crippen molar-refractivity contribution in [1.29, 1.82) is 0 Å². The fraction of sp³-hybridized carbons (Fsp3) is 0.308. The van der Waals surface area contributed by atoms with E-state index >= 15 is 0 Å². The van der Waals surface area contributed by atoms with Crippen molar-refractivity contribution in [3.05, 3.63) is 30.1 Å². The van der Waals surface area contributed by atoms with Gasteiger partial charge in [0.25, 0.3) is 0 Å². The smallest absolute Gasteiger partial charge is 0.320 e. The van der Waals surface area contributed by atoms with E-state index in [-0.39, 0.29) is 17.9 Å². The third kappa shape index (κ3) is 4.56. The third-order valence-electron chi connectivity index (χ3n) is 2.19. The lowest BCUT2D eigenvalue weighted by molar-refractivity contribution is 0.250. The first-order chi connectivity index (χ1) is 8.15. The van der Waals surface area contributed by atoms with Crippen LogP contribution in [0.15, 0.2) is 24.3 Å². The second-order valence-electron chi connectivity index (χ2n) is 3.61. The minimum Gasteiger partial charge on any atom is -0.324 e. The van der Waals surface area contributed by atoms with Crippen LogP contribution in [0.25, 0.3) is 0 Å². The van der Waals surface area contributed by atoms with Crippen LogP contribution >= 0.6 is 0 Å². The number of carbonyl (C=O) groups excluding carboxylic acids is 1. The number of urea groups is 1. The summed E-state index contributed by atoms with van der Waals surface area (Å²) < 4.78 is 12.6. The normalized spacial score (nSPS) is 11.4. The van der Waals surface area contributed by atoms with Crippen LogP contribution in [0.4, 0.5) is 14.9 Å². The first-order valence-electron chi connectivity index (χ1n) is 5.45. The van der Waals surface area contributed by atoms with Crippen molar-refractivity contribution >= 4 is 11.7 Å². The van der Waals surface area contributed by atoms with Gasteiger partial charge >= 0.3 is 6.03 Å². The maximum atomic E-state index is 12.6. The summed E-state index contributed by atoms with van der Waals surface area (Å²) in [5, 5.41) is 5.23. The quantitative estimate of drug-likeness (QED) is 0.773. The monoisotopic (exact) mass is 234 g/mol. The highest BCUT2D eigenvalue weighted by atomic mass is 19.1. The van der Waals surface area contributed by atoms with Gasteiger partial charge in [-0.05, 0) is 30.7 Å². The van der Waals surface area contributed by atoms with Crippen LogP contribution in [0.5, 0.6) is 0 Å². The molecule has 0 saturated carbocycles. The molecule has 0 aromatic heterocycles. The van der Waals surface area contributed by atoms with Crippen LogP contribution < -0.4 is 10.6 Å². The Kier molecular flexibility index (Phi) is 5.02. The molecule has 0 heterocycles. The Balaban J connectivity index is 2.49. The Morgan fingerprint density at radius 3 is 2.65 bits per heavy atom. The van der Waals surface area contributed by atoms with E-state index in [1.165, 1.54) is 24.3 Å². The maximum absolute atomic E-state index is 12.6. The van der Waals surface area contributed by atoms with Crippen molar-refractivity contribution in [2.45, 2.75) is 25.8 Å². The highest BCUT2D eigenvalue weighted by Crippen LogP contribution is 2.08. The van der Waals surface area contributed by atoms with Crippen LogP contribution in [-0.4, -0.2) is 12.1 Å². The van der Waals surface area contributed by atoms with Gasteiger partial charge in [-0.3, -0.25) is 0 Å². The van der Waals surface area contributed by atoms with Gasteiger partial charge in [-0.2, -0.15) is 0 Å². The number of hydrogen-bond donors (Lipinski definition) is 2. The van der Waals surface area contributed by atoms with E-state index in [4.69, 9.17) is 6.42 Å². The number of hydrogen-bond acceptors (Lipinski definition) is 1. The van der Waals surface area contributed by atoms with Gasteiger partial charge in [0.1, 0.15) is 5.82 Å². The molecule has 0 radical (unpaired) electrons. The van der Waals surface area contributed by atoms with E-state index in [9.17, 15) is 9.18 Å². The summed E-state index contributed by atoms with van der Waals surface area (Å²) in [5.41, 5.74) is 0.524. The second kappa shape index (κ2) is 6.54. The lowest BCUT2D eigenvalue weighted by Crippen LogP contribution is -2.36. The molecule has 0 aliphatic heterocycles. The van der Waals surface area contributed by atoms with Crippen LogP contribution in [0, 0.1) is 18.2 Å². The molecule has 0 aliphatic carbocycles. The lowest BCUT2D eigenvalue weighted by Gasteiger charge is -2.12. The van der Waals surface area contributed by atoms with E-state index < -0.39 is 0 Å². The fourth-order valence-corrected chi connectivity index (χ4v) is 1.34. The standard InChI is InChI=1S/C13H15FN2O/c1-3-5-11(4-2)15-13(17)16-12-8-6-10(14)7-9-12/h2,6-9,11H,3,5H2,1H3,(H2,15,16,17). The SMILES string of the molecule is C#CC(CCC)NC(=O)Nc1ccc(F)cc1. The number of terminal acetylenes is 1. The molecular weight excluding hydrogens is 219 g/mol. The minimum atomic E-state index is -0.381. The molecule has 3 nitrogen and oxygen atoms in total. The molecule has 0 bridgehead atoms. The van der Waals surface area contributed by atoms with Gasteiger partial charge in [0.15, 0.2) is 0 Å². The molecule has 17 heavy (non-hydrogen) atoms. The van der Waals surface area contributed by atoms with Crippen molar-refractivity contribution in [2.75, 3.05) is 5.32 Å². The molecule has 2 N–H and O–H groups in total. The predicted molar refractivity (Wildman–Crippen MR) is 66.1 cm³/mol. The molecule has 0 saturated heterocycles. The van der Waals surface area contributed by atoms with Gasteiger partial charge in [0.2, 0.25) is 0 Å². The highest BCUT2D eigenvalue weighted by molar-refractivity contribution is 5.89. The number of benzene rings is 1. The second-order valence-corrected chi connectivity index (χ2v) is 3.61. The van der Waals surface area contributed by atoms with E-state index in [1.807, 2.05) is 6.92 Å². The van der Waals surface area contributed by atoms with Crippen molar-refractivity contribution in [1.82, 2.24) is 5.32 Å². The third-order valence-corrected chi connectivity index (χ3v) is 2.19. The first kappa shape index (κ1) is 13.0. The average Bonchev–Trinajstić information content (AvgIpc) is 2.31. The Morgan fingerprint density at radius 1 is 1.47 bits per heavy atom. The summed E-state index contributed by atoms with van der Waals surface area (Å²) in [6, 6.07) is 4.87. The zero-order valence-corrected chi connectivity index (χ0v) is 9.66. The number of nitrogens with one attached hydrogen (secondary N) is 2. The molecule has 1 aromatic rings. The molecule has 1 atom stereocenters. The predicted octanol–water partition coefficient (Wildman–Crippen LogP) is 2.75. The van der Waals surface area contributed by atoms with Crippen molar-refractivity contribution in [3.63, 3.8) is 0 Å². The zero-order valence-electron chi connectivity index (χ0n) is 9.66. The summed E-state index contributed by atoms with van der Waals surface area (Å²) in [4.78, 5) is 11.5. The molecule has 0 spiro atoms. The number of anilines is 1. The molecule has 1 aromatic carbocycles. The van der Waals surface area contributed by atoms with E-state index in [1.54, 1.807) is 0 Å². The molecule has 90 valence electrons. The summed E-state index contributed by atoms with van der Waals surface area (Å²) in [6.45, 7) is 1.99. The number of halogens is 1. The number of rotatable bonds is 4. The highest BCUT2D eigenvalue weighted by Gasteiger charge is 2.08. The molecule has 0 fully saturated rings. The summed E-state index contributed by atoms with van der Waals surface area (Å²) >= 11 is 0. The van der Waals surface area contributed by atoms with Crippen molar-refractivity contribution in [3.8, 4) is 12.3 Å². The van der Waals surface area contributed by atoms with Crippen LogP contribution in [0.3, 0.4) is 0 Å². The maximum Gasteiger partial charge on any atom is 0.320 e. The van der Waals surface area contributed by atoms with Gasteiger partial charge in [0, 0.05) is 5.69 Å². The lowest BCUT2D eigenvalue weighted by atomic mass is 10.2. The summed E-state index contributed by atoms with van der Waals surface area (Å²) in [6.07, 6.45) is 6.90. The van der Waals surface area contributed by atoms with Crippen LogP contribution in [0.2, 0.25) is 0 Å². The van der Waals surface area contributed by atoms with E-state index in [0.717, 1.165) is 12.8 Å². The minimum absolute atomic E-state index is 0.277. The molecule has 1 unspecified atom stereocenters. The number of amides is 2. The van der Waals surface area contributed by atoms with E-state index in [2.05, 4.69) is 16.6 Å². The van der Waals surface area contributed by atoms with Gasteiger partial charge in [-0.1, -0.05) is 19.3 Å². The fourth-order valence-electron chi connectivity index (χ4n) is 1.34. The van der Waals surface area contributed by atoms with Crippen molar-refractivity contribution < 1.29 is 9.18 Å². The van der Waals surface area contributed by atoms with Crippen LogP contribution in [0.1, 0.15) is 19.8 Å². The first-order valence-corrected chi connectivity index (χ1v) is 5.45. The summed E-state index contributed by atoms with van der Waals surface area (Å²) in [7, 11) is 0. The molecule has 2 amide bonds. The zero-order chi connectivity index (χ0) is 12.7. The van der Waals surface area contributed by atoms with Gasteiger partial charge in [-0.15, -0.1) is 6.42 Å². The van der Waals surface area contributed by atoms with Crippen LogP contribution in [-0.2, 0) is 0 Å². The largest absolute Gasteiger partial charge is 0.324 e. The van der Waals surface area contributed by atoms with Gasteiger partial charge in [-0.25, -0.2) is 9.18 Å². The molecule has 0 aliphatic rings. The topological polar surface area (TPSA) is 41.1 Å².